The maximum atomic E-state index is 12.2. The molecule has 1 aliphatic heterocycles. The van der Waals surface area contributed by atoms with Gasteiger partial charge in [0.1, 0.15) is 13.2 Å². The zero-order chi connectivity index (χ0) is 23.4. The number of nitro benzene ring substituents is 2. The number of carbonyl (C=O) groups is 1. The minimum absolute atomic E-state index is 0.0119. The molecule has 0 amide bonds. The molecule has 1 unspecified atom stereocenters. The highest BCUT2D eigenvalue weighted by atomic mass is 16.6. The largest absolute Gasteiger partial charge is 0.493 e. The summed E-state index contributed by atoms with van der Waals surface area (Å²) in [7, 11) is 3.81. The Balaban J connectivity index is 2.31. The lowest BCUT2D eigenvalue weighted by Crippen LogP contribution is -2.18. The maximum absolute atomic E-state index is 12.2. The third-order valence-corrected chi connectivity index (χ3v) is 4.97. The van der Waals surface area contributed by atoms with Crippen LogP contribution >= 0.6 is 0 Å². The zero-order valence-corrected chi connectivity index (χ0v) is 17.5. The van der Waals surface area contributed by atoms with Crippen LogP contribution in [0.5, 0.6) is 23.0 Å². The molecule has 0 N–H and O–H groups in total. The van der Waals surface area contributed by atoms with Gasteiger partial charge in [-0.05, 0) is 12.1 Å². The van der Waals surface area contributed by atoms with Gasteiger partial charge in [-0.25, -0.2) is 0 Å². The van der Waals surface area contributed by atoms with Gasteiger partial charge >= 0.3 is 5.97 Å². The molecule has 1 atom stereocenters. The summed E-state index contributed by atoms with van der Waals surface area (Å²) in [5.41, 5.74) is -0.745. The van der Waals surface area contributed by atoms with Crippen molar-refractivity contribution in [1.82, 2.24) is 0 Å². The van der Waals surface area contributed by atoms with E-state index in [0.29, 0.717) is 0 Å². The number of nitro groups is 2. The lowest BCUT2D eigenvalue weighted by molar-refractivity contribution is -0.386. The topological polar surface area (TPSA) is 150 Å². The van der Waals surface area contributed by atoms with Gasteiger partial charge in [0.25, 0.3) is 11.4 Å². The van der Waals surface area contributed by atoms with Crippen molar-refractivity contribution in [1.29, 1.82) is 0 Å². The third kappa shape index (κ3) is 4.33. The maximum Gasteiger partial charge on any atom is 0.306 e. The van der Waals surface area contributed by atoms with E-state index in [1.54, 1.807) is 0 Å². The Kier molecular flexibility index (Phi) is 6.61. The second-order valence-electron chi connectivity index (χ2n) is 6.67. The molecule has 0 saturated carbocycles. The summed E-state index contributed by atoms with van der Waals surface area (Å²) in [5.74, 6) is -1.19. The van der Waals surface area contributed by atoms with Crippen molar-refractivity contribution in [3.05, 3.63) is 55.6 Å². The Morgan fingerprint density at radius 1 is 0.906 bits per heavy atom. The normalized spacial score (nSPS) is 13.1. The molecular formula is C20H20N2O10. The first-order chi connectivity index (χ1) is 15.3. The van der Waals surface area contributed by atoms with E-state index in [-0.39, 0.29) is 53.0 Å². The van der Waals surface area contributed by atoms with Gasteiger partial charge in [0.15, 0.2) is 23.0 Å². The second-order valence-corrected chi connectivity index (χ2v) is 6.67. The predicted molar refractivity (Wildman–Crippen MR) is 109 cm³/mol. The van der Waals surface area contributed by atoms with Gasteiger partial charge in [-0.3, -0.25) is 25.0 Å². The van der Waals surface area contributed by atoms with Gasteiger partial charge in [-0.15, -0.1) is 0 Å². The molecule has 2 aromatic rings. The number of rotatable bonds is 8. The number of fused-ring (bicyclic) bond motifs is 1. The van der Waals surface area contributed by atoms with Crippen LogP contribution in [0.1, 0.15) is 23.5 Å². The van der Waals surface area contributed by atoms with E-state index in [4.69, 9.17) is 23.7 Å². The fourth-order valence-corrected chi connectivity index (χ4v) is 3.49. The molecule has 170 valence electrons. The number of esters is 1. The van der Waals surface area contributed by atoms with Gasteiger partial charge in [0, 0.05) is 17.0 Å². The molecule has 0 radical (unpaired) electrons. The van der Waals surface area contributed by atoms with Crippen LogP contribution in [0.2, 0.25) is 0 Å². The summed E-state index contributed by atoms with van der Waals surface area (Å²) in [6, 6.07) is 5.01. The fourth-order valence-electron chi connectivity index (χ4n) is 3.49. The number of methoxy groups -OCH3 is 3. The molecule has 0 aromatic heterocycles. The van der Waals surface area contributed by atoms with Crippen molar-refractivity contribution >= 4 is 17.3 Å². The smallest absolute Gasteiger partial charge is 0.306 e. The van der Waals surface area contributed by atoms with E-state index < -0.39 is 33.8 Å². The minimum Gasteiger partial charge on any atom is -0.493 e. The first-order valence-electron chi connectivity index (χ1n) is 9.35. The molecule has 2 aromatic carbocycles. The van der Waals surface area contributed by atoms with E-state index >= 15 is 0 Å². The Morgan fingerprint density at radius 2 is 1.41 bits per heavy atom. The first-order valence-corrected chi connectivity index (χ1v) is 9.35. The summed E-state index contributed by atoms with van der Waals surface area (Å²) < 4.78 is 26.1. The molecule has 0 aliphatic carbocycles. The Bertz CT molecular complexity index is 1010. The Labute approximate surface area is 181 Å². The number of nitrogens with zero attached hydrogens (tertiary/aromatic N) is 2. The number of benzene rings is 2. The molecule has 0 spiro atoms. The van der Waals surface area contributed by atoms with Crippen LogP contribution in [0.4, 0.5) is 11.4 Å². The molecule has 0 fully saturated rings. The summed E-state index contributed by atoms with van der Waals surface area (Å²) in [4.78, 5) is 34.6. The highest BCUT2D eigenvalue weighted by Gasteiger charge is 2.35. The molecular weight excluding hydrogens is 428 g/mol. The molecule has 0 saturated heterocycles. The number of carbonyl (C=O) groups excluding carboxylic acids is 1. The molecule has 1 aliphatic rings. The minimum atomic E-state index is -1.13. The molecule has 12 heteroatoms. The van der Waals surface area contributed by atoms with Crippen molar-refractivity contribution in [3.8, 4) is 23.0 Å². The molecule has 3 rings (SSSR count). The SMILES string of the molecule is COC(=O)CC(c1cc(OC)c(OC)cc1[N+](=O)[O-])c1cc2c(cc1[N+](=O)[O-])OCCO2. The van der Waals surface area contributed by atoms with E-state index in [1.807, 2.05) is 0 Å². The van der Waals surface area contributed by atoms with Gasteiger partial charge in [0.2, 0.25) is 0 Å². The molecule has 1 heterocycles. The van der Waals surface area contributed by atoms with Gasteiger partial charge in [-0.1, -0.05) is 0 Å². The highest BCUT2D eigenvalue weighted by molar-refractivity contribution is 5.74. The van der Waals surface area contributed by atoms with Crippen molar-refractivity contribution in [3.63, 3.8) is 0 Å². The molecule has 0 bridgehead atoms. The average Bonchev–Trinajstić information content (AvgIpc) is 2.80. The van der Waals surface area contributed by atoms with Crippen LogP contribution in [0, 0.1) is 20.2 Å². The lowest BCUT2D eigenvalue weighted by Gasteiger charge is -2.22. The van der Waals surface area contributed by atoms with E-state index in [2.05, 4.69) is 0 Å². The predicted octanol–water partition coefficient (Wildman–Crippen LogP) is 2.99. The average molecular weight is 448 g/mol. The van der Waals surface area contributed by atoms with Crippen LogP contribution in [0.25, 0.3) is 0 Å². The fraction of sp³-hybridized carbons (Fsp3) is 0.350. The molecule has 32 heavy (non-hydrogen) atoms. The quantitative estimate of drug-likeness (QED) is 0.335. The van der Waals surface area contributed by atoms with E-state index in [1.165, 1.54) is 32.4 Å². The van der Waals surface area contributed by atoms with E-state index in [0.717, 1.165) is 13.2 Å². The summed E-state index contributed by atoms with van der Waals surface area (Å²) in [5, 5.41) is 23.7. The van der Waals surface area contributed by atoms with Crippen molar-refractivity contribution in [2.24, 2.45) is 0 Å². The number of ether oxygens (including phenoxy) is 5. The Morgan fingerprint density at radius 3 is 1.94 bits per heavy atom. The van der Waals surface area contributed by atoms with Crippen molar-refractivity contribution < 1.29 is 38.3 Å². The summed E-state index contributed by atoms with van der Waals surface area (Å²) in [6.45, 7) is 0.443. The van der Waals surface area contributed by atoms with Gasteiger partial charge in [-0.2, -0.15) is 0 Å². The number of hydrogen-bond donors (Lipinski definition) is 0. The van der Waals surface area contributed by atoms with Crippen LogP contribution in [0.15, 0.2) is 24.3 Å². The zero-order valence-electron chi connectivity index (χ0n) is 17.5. The molecule has 12 nitrogen and oxygen atoms in total. The van der Waals surface area contributed by atoms with Gasteiger partial charge < -0.3 is 23.7 Å². The van der Waals surface area contributed by atoms with Crippen molar-refractivity contribution in [2.75, 3.05) is 34.5 Å². The third-order valence-electron chi connectivity index (χ3n) is 4.97. The van der Waals surface area contributed by atoms with Crippen LogP contribution in [-0.4, -0.2) is 50.4 Å². The second kappa shape index (κ2) is 9.37. The van der Waals surface area contributed by atoms with Gasteiger partial charge in [0.05, 0.1) is 49.7 Å². The standard InChI is InChI=1S/C20H20N2O10/c1-28-16-6-12(14(21(24)25)9-17(16)29-2)11(8-20(23)30-3)13-7-18-19(32-5-4-31-18)10-15(13)22(26)27/h6-7,9-11H,4-5,8H2,1-3H3. The van der Waals surface area contributed by atoms with Crippen LogP contribution < -0.4 is 18.9 Å². The van der Waals surface area contributed by atoms with Crippen LogP contribution in [-0.2, 0) is 9.53 Å². The first kappa shape index (κ1) is 22.6. The van der Waals surface area contributed by atoms with Crippen molar-refractivity contribution in [2.45, 2.75) is 12.3 Å². The van der Waals surface area contributed by atoms with Crippen LogP contribution in [0.3, 0.4) is 0 Å². The highest BCUT2D eigenvalue weighted by Crippen LogP contribution is 2.46. The summed E-state index contributed by atoms with van der Waals surface area (Å²) in [6.07, 6.45) is -0.409. The monoisotopic (exact) mass is 448 g/mol. The van der Waals surface area contributed by atoms with E-state index in [9.17, 15) is 25.0 Å². The Hall–Kier alpha value is -4.09. The lowest BCUT2D eigenvalue weighted by atomic mass is 9.85. The number of hydrogen-bond acceptors (Lipinski definition) is 10. The summed E-state index contributed by atoms with van der Waals surface area (Å²) >= 11 is 0.